The topological polar surface area (TPSA) is 56.7 Å². The summed E-state index contributed by atoms with van der Waals surface area (Å²) in [5.41, 5.74) is 3.47. The second kappa shape index (κ2) is 5.98. The minimum atomic E-state index is 0.216. The number of phenols is 1. The quantitative estimate of drug-likeness (QED) is 0.409. The number of aromatic hydroxyl groups is 1. The molecule has 5 heteroatoms. The number of hydrogen-bond donors (Lipinski definition) is 3. The lowest BCUT2D eigenvalue weighted by molar-refractivity contribution is 0.475. The van der Waals surface area contributed by atoms with Crippen molar-refractivity contribution in [3.63, 3.8) is 0 Å². The van der Waals surface area contributed by atoms with E-state index >= 15 is 0 Å². The maximum absolute atomic E-state index is 9.19. The molecule has 4 nitrogen and oxygen atoms in total. The molecule has 0 atom stereocenters. The second-order valence-corrected chi connectivity index (χ2v) is 3.23. The number of hydrogen-bond acceptors (Lipinski definition) is 3. The highest BCUT2D eigenvalue weighted by Crippen LogP contribution is 2.08. The highest BCUT2D eigenvalue weighted by atomic mass is 32.1. The monoisotopic (exact) mass is 223 g/mol. The Morgan fingerprint density at radius 3 is 3.07 bits per heavy atom. The number of benzene rings is 1. The fourth-order valence-corrected chi connectivity index (χ4v) is 1.17. The van der Waals surface area contributed by atoms with Crippen molar-refractivity contribution in [2.24, 2.45) is 5.10 Å². The molecule has 3 N–H and O–H groups in total. The molecule has 0 aliphatic heterocycles. The fourth-order valence-electron chi connectivity index (χ4n) is 0.971. The summed E-state index contributed by atoms with van der Waals surface area (Å²) >= 11 is 4.91. The molecule has 1 aromatic rings. The van der Waals surface area contributed by atoms with Crippen LogP contribution in [0.4, 0.5) is 0 Å². The molecule has 0 saturated heterocycles. The molecule has 0 aromatic heterocycles. The Morgan fingerprint density at radius 1 is 1.60 bits per heavy atom. The molecular formula is C10H13N3OS. The van der Waals surface area contributed by atoms with Gasteiger partial charge in [0.15, 0.2) is 5.11 Å². The van der Waals surface area contributed by atoms with Crippen LogP contribution in [0, 0.1) is 0 Å². The van der Waals surface area contributed by atoms with Crippen LogP contribution in [0.5, 0.6) is 5.75 Å². The van der Waals surface area contributed by atoms with Gasteiger partial charge in [-0.1, -0.05) is 12.1 Å². The first-order valence-electron chi connectivity index (χ1n) is 4.58. The summed E-state index contributed by atoms with van der Waals surface area (Å²) in [6, 6.07) is 6.80. The Balaban J connectivity index is 2.48. The molecule has 0 spiro atoms. The number of nitrogens with one attached hydrogen (secondary N) is 2. The molecule has 0 amide bonds. The van der Waals surface area contributed by atoms with Gasteiger partial charge < -0.3 is 10.4 Å². The van der Waals surface area contributed by atoms with Crippen LogP contribution in [0.3, 0.4) is 0 Å². The second-order valence-electron chi connectivity index (χ2n) is 2.82. The van der Waals surface area contributed by atoms with E-state index < -0.39 is 0 Å². The van der Waals surface area contributed by atoms with Crippen molar-refractivity contribution in [2.45, 2.75) is 6.92 Å². The third kappa shape index (κ3) is 4.42. The third-order valence-electron chi connectivity index (χ3n) is 1.59. The summed E-state index contributed by atoms with van der Waals surface area (Å²) in [5.74, 6) is 0.216. The molecule has 0 fully saturated rings. The molecular weight excluding hydrogens is 210 g/mol. The molecule has 0 heterocycles. The van der Waals surface area contributed by atoms with Crippen molar-refractivity contribution in [2.75, 3.05) is 6.54 Å². The summed E-state index contributed by atoms with van der Waals surface area (Å²) in [6.45, 7) is 2.71. The van der Waals surface area contributed by atoms with E-state index in [1.807, 2.05) is 13.0 Å². The Labute approximate surface area is 94.0 Å². The predicted molar refractivity (Wildman–Crippen MR) is 65.1 cm³/mol. The zero-order chi connectivity index (χ0) is 11.1. The van der Waals surface area contributed by atoms with Gasteiger partial charge in [0.25, 0.3) is 0 Å². The maximum atomic E-state index is 9.19. The summed E-state index contributed by atoms with van der Waals surface area (Å²) in [4.78, 5) is 0. The van der Waals surface area contributed by atoms with Crippen LogP contribution in [-0.2, 0) is 0 Å². The zero-order valence-corrected chi connectivity index (χ0v) is 9.21. The predicted octanol–water partition coefficient (Wildman–Crippen LogP) is 1.21. The standard InChI is InChI=1S/C10H13N3OS/c1-2-11-10(15)13-12-7-8-4-3-5-9(14)6-8/h3-7,14H,2H2,1H3,(H2,11,13,15)/b12-7-. The lowest BCUT2D eigenvalue weighted by atomic mass is 10.2. The first kappa shape index (κ1) is 11.5. The van der Waals surface area contributed by atoms with E-state index in [4.69, 9.17) is 12.2 Å². The number of nitrogens with zero attached hydrogens (tertiary/aromatic N) is 1. The van der Waals surface area contributed by atoms with Gasteiger partial charge in [-0.15, -0.1) is 0 Å². The van der Waals surface area contributed by atoms with Crippen LogP contribution in [0.25, 0.3) is 0 Å². The zero-order valence-electron chi connectivity index (χ0n) is 8.40. The molecule has 1 rings (SSSR count). The summed E-state index contributed by atoms with van der Waals surface area (Å²) < 4.78 is 0. The Kier molecular flexibility index (Phi) is 4.56. The highest BCUT2D eigenvalue weighted by molar-refractivity contribution is 7.80. The molecule has 0 bridgehead atoms. The van der Waals surface area contributed by atoms with Crippen molar-refractivity contribution in [3.8, 4) is 5.75 Å². The van der Waals surface area contributed by atoms with E-state index in [0.717, 1.165) is 12.1 Å². The lowest BCUT2D eigenvalue weighted by Gasteiger charge is -2.02. The largest absolute Gasteiger partial charge is 0.508 e. The third-order valence-corrected chi connectivity index (χ3v) is 1.82. The first-order chi connectivity index (χ1) is 7.22. The SMILES string of the molecule is CCNC(=S)N/N=C\c1cccc(O)c1. The van der Waals surface area contributed by atoms with E-state index in [1.165, 1.54) is 0 Å². The molecule has 80 valence electrons. The van der Waals surface area contributed by atoms with E-state index in [0.29, 0.717) is 5.11 Å². The van der Waals surface area contributed by atoms with Crippen molar-refractivity contribution in [1.29, 1.82) is 0 Å². The molecule has 0 aliphatic rings. The van der Waals surface area contributed by atoms with E-state index in [2.05, 4.69) is 15.8 Å². The van der Waals surface area contributed by atoms with Crippen LogP contribution in [-0.4, -0.2) is 23.0 Å². The van der Waals surface area contributed by atoms with Gasteiger partial charge in [0.05, 0.1) is 6.21 Å². The lowest BCUT2D eigenvalue weighted by Crippen LogP contribution is -2.31. The van der Waals surface area contributed by atoms with Crippen LogP contribution in [0.15, 0.2) is 29.4 Å². The number of hydrazone groups is 1. The summed E-state index contributed by atoms with van der Waals surface area (Å²) in [5, 5.41) is 16.5. The van der Waals surface area contributed by atoms with Gasteiger partial charge in [0.1, 0.15) is 5.75 Å². The van der Waals surface area contributed by atoms with Crippen molar-refractivity contribution >= 4 is 23.5 Å². The van der Waals surface area contributed by atoms with Crippen LogP contribution in [0.1, 0.15) is 12.5 Å². The van der Waals surface area contributed by atoms with Gasteiger partial charge in [0, 0.05) is 6.54 Å². The Hall–Kier alpha value is -1.62. The summed E-state index contributed by atoms with van der Waals surface area (Å²) in [7, 11) is 0. The minimum absolute atomic E-state index is 0.216. The molecule has 15 heavy (non-hydrogen) atoms. The van der Waals surface area contributed by atoms with Gasteiger partial charge in [-0.3, -0.25) is 5.43 Å². The van der Waals surface area contributed by atoms with Gasteiger partial charge in [0.2, 0.25) is 0 Å². The van der Waals surface area contributed by atoms with Gasteiger partial charge in [-0.25, -0.2) is 0 Å². The van der Waals surface area contributed by atoms with Crippen LogP contribution in [0.2, 0.25) is 0 Å². The molecule has 0 unspecified atom stereocenters. The van der Waals surface area contributed by atoms with E-state index in [-0.39, 0.29) is 5.75 Å². The van der Waals surface area contributed by atoms with Gasteiger partial charge >= 0.3 is 0 Å². The highest BCUT2D eigenvalue weighted by Gasteiger charge is 1.90. The molecule has 0 aliphatic carbocycles. The van der Waals surface area contributed by atoms with Crippen molar-refractivity contribution < 1.29 is 5.11 Å². The molecule has 0 saturated carbocycles. The maximum Gasteiger partial charge on any atom is 0.186 e. The average Bonchev–Trinajstić information content (AvgIpc) is 2.18. The fraction of sp³-hybridized carbons (Fsp3) is 0.200. The average molecular weight is 223 g/mol. The van der Waals surface area contributed by atoms with Crippen LogP contribution < -0.4 is 10.7 Å². The van der Waals surface area contributed by atoms with Crippen molar-refractivity contribution in [3.05, 3.63) is 29.8 Å². The Morgan fingerprint density at radius 2 is 2.40 bits per heavy atom. The summed E-state index contributed by atoms with van der Waals surface area (Å²) in [6.07, 6.45) is 1.59. The van der Waals surface area contributed by atoms with Gasteiger partial charge in [-0.05, 0) is 36.8 Å². The first-order valence-corrected chi connectivity index (χ1v) is 4.99. The Bertz CT molecular complexity index is 365. The smallest absolute Gasteiger partial charge is 0.186 e. The van der Waals surface area contributed by atoms with Crippen molar-refractivity contribution in [1.82, 2.24) is 10.7 Å². The number of thiocarbonyl (C=S) groups is 1. The van der Waals surface area contributed by atoms with E-state index in [9.17, 15) is 5.11 Å². The number of phenolic OH excluding ortho intramolecular Hbond substituents is 1. The minimum Gasteiger partial charge on any atom is -0.508 e. The number of rotatable bonds is 3. The molecule has 1 aromatic carbocycles. The van der Waals surface area contributed by atoms with Gasteiger partial charge in [-0.2, -0.15) is 5.10 Å². The molecule has 0 radical (unpaired) electrons. The van der Waals surface area contributed by atoms with Crippen LogP contribution >= 0.6 is 12.2 Å². The normalized spacial score (nSPS) is 10.2. The van der Waals surface area contributed by atoms with E-state index in [1.54, 1.807) is 24.4 Å².